The number of benzene rings is 1. The SMILES string of the molecule is COCOCC#Cc1ccc(OCc2cnc(SC3C=CCCC3)n2-c2cccnc2)cc1C. The first-order valence-electron chi connectivity index (χ1n) is 11.3. The molecule has 0 aliphatic heterocycles. The highest BCUT2D eigenvalue weighted by Gasteiger charge is 2.18. The van der Waals surface area contributed by atoms with Crippen LogP contribution < -0.4 is 4.74 Å². The summed E-state index contributed by atoms with van der Waals surface area (Å²) in [6.07, 6.45) is 13.7. The molecule has 0 bridgehead atoms. The van der Waals surface area contributed by atoms with E-state index in [1.165, 1.54) is 19.3 Å². The first-order valence-corrected chi connectivity index (χ1v) is 12.2. The predicted molar refractivity (Wildman–Crippen MR) is 134 cm³/mol. The summed E-state index contributed by atoms with van der Waals surface area (Å²) >= 11 is 1.79. The van der Waals surface area contributed by atoms with Crippen molar-refractivity contribution in [3.05, 3.63) is 77.9 Å². The molecule has 1 aliphatic rings. The largest absolute Gasteiger partial charge is 0.487 e. The molecular weight excluding hydrogens is 446 g/mol. The van der Waals surface area contributed by atoms with Crippen molar-refractivity contribution < 1.29 is 14.2 Å². The number of aromatic nitrogens is 3. The van der Waals surface area contributed by atoms with Crippen LogP contribution in [0, 0.1) is 18.8 Å². The number of ether oxygens (including phenoxy) is 3. The lowest BCUT2D eigenvalue weighted by Gasteiger charge is -2.17. The maximum absolute atomic E-state index is 6.16. The van der Waals surface area contributed by atoms with Crippen LogP contribution in [0.25, 0.3) is 5.69 Å². The number of rotatable bonds is 9. The van der Waals surface area contributed by atoms with E-state index in [1.54, 1.807) is 25.1 Å². The van der Waals surface area contributed by atoms with E-state index in [1.807, 2.05) is 49.6 Å². The van der Waals surface area contributed by atoms with Gasteiger partial charge in [0.2, 0.25) is 0 Å². The third kappa shape index (κ3) is 6.51. The highest BCUT2D eigenvalue weighted by molar-refractivity contribution is 7.99. The van der Waals surface area contributed by atoms with E-state index in [2.05, 4.69) is 33.5 Å². The van der Waals surface area contributed by atoms with Crippen LogP contribution in [-0.2, 0) is 16.1 Å². The summed E-state index contributed by atoms with van der Waals surface area (Å²) in [6, 6.07) is 9.92. The van der Waals surface area contributed by atoms with Crippen LogP contribution in [-0.4, -0.2) is 40.3 Å². The number of allylic oxidation sites excluding steroid dienone is 1. The van der Waals surface area contributed by atoms with E-state index in [0.717, 1.165) is 33.4 Å². The summed E-state index contributed by atoms with van der Waals surface area (Å²) in [5.41, 5.74) is 3.97. The zero-order chi connectivity index (χ0) is 23.6. The third-order valence-electron chi connectivity index (χ3n) is 5.36. The van der Waals surface area contributed by atoms with Gasteiger partial charge in [0, 0.05) is 24.1 Å². The Kier molecular flexibility index (Phi) is 8.80. The molecule has 0 saturated carbocycles. The van der Waals surface area contributed by atoms with Gasteiger partial charge in [-0.2, -0.15) is 0 Å². The Morgan fingerprint density at radius 3 is 2.94 bits per heavy atom. The zero-order valence-electron chi connectivity index (χ0n) is 19.6. The minimum Gasteiger partial charge on any atom is -0.487 e. The van der Waals surface area contributed by atoms with Crippen molar-refractivity contribution in [2.24, 2.45) is 0 Å². The van der Waals surface area contributed by atoms with Crippen molar-refractivity contribution in [2.75, 3.05) is 20.5 Å². The molecule has 0 radical (unpaired) electrons. The molecule has 0 spiro atoms. The molecule has 1 aliphatic carbocycles. The second kappa shape index (κ2) is 12.4. The lowest BCUT2D eigenvalue weighted by Crippen LogP contribution is -2.08. The first-order chi connectivity index (χ1) is 16.7. The van der Waals surface area contributed by atoms with Gasteiger partial charge in [0.1, 0.15) is 25.8 Å². The molecule has 0 amide bonds. The smallest absolute Gasteiger partial charge is 0.173 e. The summed E-state index contributed by atoms with van der Waals surface area (Å²) in [4.78, 5) is 9.04. The highest BCUT2D eigenvalue weighted by atomic mass is 32.2. The lowest BCUT2D eigenvalue weighted by atomic mass is 10.1. The number of hydrogen-bond donors (Lipinski definition) is 0. The van der Waals surface area contributed by atoms with E-state index in [0.29, 0.717) is 18.5 Å². The van der Waals surface area contributed by atoms with Crippen molar-refractivity contribution in [1.29, 1.82) is 0 Å². The third-order valence-corrected chi connectivity index (χ3v) is 6.55. The van der Waals surface area contributed by atoms with Crippen LogP contribution in [0.4, 0.5) is 0 Å². The standard InChI is InChI=1S/C27H29N3O3S/c1-21-16-25(13-12-22(21)8-7-15-32-20-31-2)33-19-24-18-29-27(34-26-10-4-3-5-11-26)30(24)23-9-6-14-28-17-23/h4,6,9-10,12-14,16-18,26H,3,5,11,15,19-20H2,1-2H3. The number of aryl methyl sites for hydroxylation is 1. The number of methoxy groups -OCH3 is 1. The van der Waals surface area contributed by atoms with Crippen molar-refractivity contribution >= 4 is 11.8 Å². The van der Waals surface area contributed by atoms with E-state index in [9.17, 15) is 0 Å². The molecule has 3 aromatic rings. The van der Waals surface area contributed by atoms with Crippen molar-refractivity contribution in [2.45, 2.75) is 43.2 Å². The topological polar surface area (TPSA) is 58.4 Å². The van der Waals surface area contributed by atoms with Crippen LogP contribution in [0.15, 0.2) is 66.2 Å². The van der Waals surface area contributed by atoms with Crippen LogP contribution >= 0.6 is 11.8 Å². The van der Waals surface area contributed by atoms with E-state index >= 15 is 0 Å². The minimum absolute atomic E-state index is 0.244. The Labute approximate surface area is 205 Å². The van der Waals surface area contributed by atoms with Gasteiger partial charge in [0.15, 0.2) is 5.16 Å². The fourth-order valence-electron chi connectivity index (χ4n) is 3.66. The predicted octanol–water partition coefficient (Wildman–Crippen LogP) is 5.33. The summed E-state index contributed by atoms with van der Waals surface area (Å²) in [6.45, 7) is 3.01. The quantitative estimate of drug-likeness (QED) is 0.181. The summed E-state index contributed by atoms with van der Waals surface area (Å²) in [5.74, 6) is 6.92. The van der Waals surface area contributed by atoms with E-state index in [4.69, 9.17) is 19.2 Å². The molecule has 0 saturated heterocycles. The van der Waals surface area contributed by atoms with Crippen LogP contribution in [0.2, 0.25) is 0 Å². The van der Waals surface area contributed by atoms with Crippen LogP contribution in [0.3, 0.4) is 0 Å². The Balaban J connectivity index is 1.48. The molecule has 1 aromatic carbocycles. The lowest BCUT2D eigenvalue weighted by molar-refractivity contribution is -0.0166. The average molecular weight is 476 g/mol. The van der Waals surface area contributed by atoms with Crippen LogP contribution in [0.5, 0.6) is 5.75 Å². The molecule has 6 nitrogen and oxygen atoms in total. The molecule has 1 unspecified atom stereocenters. The Bertz CT molecular complexity index is 1160. The van der Waals surface area contributed by atoms with Crippen molar-refractivity contribution in [3.8, 4) is 23.3 Å². The van der Waals surface area contributed by atoms with Crippen molar-refractivity contribution in [1.82, 2.24) is 14.5 Å². The van der Waals surface area contributed by atoms with Gasteiger partial charge in [-0.3, -0.25) is 9.55 Å². The number of thioether (sulfide) groups is 1. The summed E-state index contributed by atoms with van der Waals surface area (Å²) in [7, 11) is 1.59. The molecule has 34 heavy (non-hydrogen) atoms. The molecule has 0 fully saturated rings. The van der Waals surface area contributed by atoms with E-state index < -0.39 is 0 Å². The molecule has 7 heteroatoms. The van der Waals surface area contributed by atoms with Gasteiger partial charge in [0.05, 0.1) is 23.8 Å². The zero-order valence-corrected chi connectivity index (χ0v) is 20.4. The van der Waals surface area contributed by atoms with Crippen molar-refractivity contribution in [3.63, 3.8) is 0 Å². The number of pyridine rings is 1. The fourth-order valence-corrected chi connectivity index (χ4v) is 4.85. The van der Waals surface area contributed by atoms with Gasteiger partial charge in [-0.1, -0.05) is 35.8 Å². The monoisotopic (exact) mass is 475 g/mol. The maximum atomic E-state index is 6.16. The van der Waals surface area contributed by atoms with Gasteiger partial charge in [-0.15, -0.1) is 0 Å². The van der Waals surface area contributed by atoms with Gasteiger partial charge < -0.3 is 14.2 Å². The Morgan fingerprint density at radius 2 is 2.18 bits per heavy atom. The van der Waals surface area contributed by atoms with Gasteiger partial charge >= 0.3 is 0 Å². The highest BCUT2D eigenvalue weighted by Crippen LogP contribution is 2.32. The maximum Gasteiger partial charge on any atom is 0.173 e. The molecule has 176 valence electrons. The Morgan fingerprint density at radius 1 is 1.24 bits per heavy atom. The van der Waals surface area contributed by atoms with Gasteiger partial charge in [0.25, 0.3) is 0 Å². The molecule has 2 aromatic heterocycles. The molecule has 4 rings (SSSR count). The second-order valence-corrected chi connectivity index (χ2v) is 9.12. The summed E-state index contributed by atoms with van der Waals surface area (Å²) in [5, 5.41) is 1.40. The number of imidazole rings is 1. The van der Waals surface area contributed by atoms with E-state index in [-0.39, 0.29) is 6.79 Å². The second-order valence-electron chi connectivity index (χ2n) is 7.92. The van der Waals surface area contributed by atoms with Gasteiger partial charge in [-0.25, -0.2) is 4.98 Å². The van der Waals surface area contributed by atoms with Gasteiger partial charge in [-0.05, 0) is 62.1 Å². The first kappa shape index (κ1) is 24.1. The summed E-state index contributed by atoms with van der Waals surface area (Å²) < 4.78 is 18.4. The van der Waals surface area contributed by atoms with Crippen LogP contribution in [0.1, 0.15) is 36.1 Å². The molecular formula is C27H29N3O3S. The number of hydrogen-bond acceptors (Lipinski definition) is 6. The Hall–Kier alpha value is -3.05. The fraction of sp³-hybridized carbons (Fsp3) is 0.333. The normalized spacial score (nSPS) is 15.1. The molecule has 0 N–H and O–H groups in total. The average Bonchev–Trinajstić information content (AvgIpc) is 3.27. The molecule has 2 heterocycles. The molecule has 1 atom stereocenters. The number of nitrogens with zero attached hydrogens (tertiary/aromatic N) is 3. The minimum atomic E-state index is 0.244.